The van der Waals surface area contributed by atoms with Gasteiger partial charge in [-0.05, 0) is 58.0 Å². The Balaban J connectivity index is 1.45. The molecule has 1 fully saturated rings. The largest absolute Gasteiger partial charge is 0.347 e. The van der Waals surface area contributed by atoms with Crippen LogP contribution in [0.5, 0.6) is 0 Å². The topological polar surface area (TPSA) is 74.2 Å². The molecule has 1 amide bonds. The molecule has 2 aliphatic rings. The molecular weight excluding hydrogens is 384 g/mol. The first kappa shape index (κ1) is 18.4. The molecule has 1 aromatic carbocycles. The maximum Gasteiger partial charge on any atom is 0.280 e. The van der Waals surface area contributed by atoms with E-state index < -0.39 is 0 Å². The molecule has 1 atom stereocenters. The van der Waals surface area contributed by atoms with Crippen LogP contribution in [0.3, 0.4) is 0 Å². The number of para-hydroxylation sites is 1. The average Bonchev–Trinajstić information content (AvgIpc) is 3.30. The zero-order valence-electron chi connectivity index (χ0n) is 16.6. The summed E-state index contributed by atoms with van der Waals surface area (Å²) in [4.78, 5) is 31.7. The Bertz CT molecular complexity index is 1060. The number of aromatic nitrogens is 3. The number of rotatable bonds is 3. The van der Waals surface area contributed by atoms with Crippen molar-refractivity contribution in [2.24, 2.45) is 0 Å². The van der Waals surface area contributed by atoms with Crippen molar-refractivity contribution >= 4 is 39.1 Å². The first-order valence-corrected chi connectivity index (χ1v) is 10.9. The Morgan fingerprint density at radius 3 is 2.83 bits per heavy atom. The highest BCUT2D eigenvalue weighted by Crippen LogP contribution is 2.40. The van der Waals surface area contributed by atoms with Crippen LogP contribution in [0, 0.1) is 0 Å². The van der Waals surface area contributed by atoms with E-state index in [1.54, 1.807) is 6.33 Å². The number of fused-ring (bicyclic) bond motifs is 2. The van der Waals surface area contributed by atoms with E-state index in [9.17, 15) is 4.79 Å². The van der Waals surface area contributed by atoms with Crippen molar-refractivity contribution < 1.29 is 4.79 Å². The van der Waals surface area contributed by atoms with E-state index in [1.165, 1.54) is 16.9 Å². The van der Waals surface area contributed by atoms with Gasteiger partial charge in [0, 0.05) is 17.8 Å². The van der Waals surface area contributed by atoms with Crippen LogP contribution >= 0.6 is 11.3 Å². The zero-order valence-corrected chi connectivity index (χ0v) is 17.4. The molecule has 0 spiro atoms. The van der Waals surface area contributed by atoms with Crippen molar-refractivity contribution in [1.29, 1.82) is 0 Å². The first-order valence-electron chi connectivity index (χ1n) is 10.1. The Morgan fingerprint density at radius 1 is 1.21 bits per heavy atom. The van der Waals surface area contributed by atoms with Crippen molar-refractivity contribution in [3.05, 3.63) is 41.2 Å². The summed E-state index contributed by atoms with van der Waals surface area (Å²) in [5.41, 5.74) is 3.17. The van der Waals surface area contributed by atoms with Crippen LogP contribution in [0.1, 0.15) is 35.1 Å². The third-order valence-electron chi connectivity index (χ3n) is 5.86. The van der Waals surface area contributed by atoms with E-state index in [2.05, 4.69) is 62.2 Å². The monoisotopic (exact) mass is 408 g/mol. The Morgan fingerprint density at radius 2 is 2.00 bits per heavy atom. The van der Waals surface area contributed by atoms with Crippen LogP contribution in [-0.2, 0) is 6.42 Å². The van der Waals surface area contributed by atoms with Crippen LogP contribution in [0.15, 0.2) is 30.6 Å². The van der Waals surface area contributed by atoms with Gasteiger partial charge in [0.2, 0.25) is 0 Å². The highest BCUT2D eigenvalue weighted by molar-refractivity contribution is 7.20. The highest BCUT2D eigenvalue weighted by Gasteiger charge is 2.30. The summed E-state index contributed by atoms with van der Waals surface area (Å²) in [6.45, 7) is 4.20. The third-order valence-corrected chi connectivity index (χ3v) is 6.82. The van der Waals surface area contributed by atoms with E-state index in [0.717, 1.165) is 48.7 Å². The maximum atomic E-state index is 12.8. The minimum absolute atomic E-state index is 0.108. The number of hydrogen-bond donors (Lipinski definition) is 1. The predicted molar refractivity (Wildman–Crippen MR) is 115 cm³/mol. The number of hydrogen-bond acceptors (Lipinski definition) is 7. The van der Waals surface area contributed by atoms with Gasteiger partial charge in [-0.2, -0.15) is 0 Å². The molecule has 7 nitrogen and oxygen atoms in total. The molecule has 8 heteroatoms. The lowest BCUT2D eigenvalue weighted by Gasteiger charge is -2.29. The normalized spacial score (nSPS) is 20.2. The molecule has 2 aliphatic heterocycles. The van der Waals surface area contributed by atoms with Gasteiger partial charge in [-0.1, -0.05) is 29.5 Å². The predicted octanol–water partition coefficient (Wildman–Crippen LogP) is 2.99. The standard InChI is InChI=1S/C21H24N6OS/c1-13-11-14-5-3-4-6-16(14)27(13)18-17-20(23-12-22-18)29-21(25-17)19(28)24-15-7-9-26(2)10-8-15/h3-6,12-13,15H,7-11H2,1-2H3,(H,24,28). The number of likely N-dealkylation sites (tertiary alicyclic amines) is 1. The Kier molecular flexibility index (Phi) is 4.67. The smallest absolute Gasteiger partial charge is 0.280 e. The molecule has 29 heavy (non-hydrogen) atoms. The molecule has 0 saturated carbocycles. The summed E-state index contributed by atoms with van der Waals surface area (Å²) in [6.07, 6.45) is 4.48. The third kappa shape index (κ3) is 3.36. The number of piperidine rings is 1. The van der Waals surface area contributed by atoms with Gasteiger partial charge in [-0.25, -0.2) is 15.0 Å². The minimum Gasteiger partial charge on any atom is -0.347 e. The van der Waals surface area contributed by atoms with Crippen LogP contribution in [0.2, 0.25) is 0 Å². The molecule has 0 bridgehead atoms. The van der Waals surface area contributed by atoms with E-state index >= 15 is 0 Å². The molecule has 2 aromatic heterocycles. The van der Waals surface area contributed by atoms with Crippen molar-refractivity contribution in [3.63, 3.8) is 0 Å². The Hall–Kier alpha value is -2.58. The number of anilines is 2. The lowest BCUT2D eigenvalue weighted by molar-refractivity contribution is 0.0916. The lowest BCUT2D eigenvalue weighted by atomic mass is 10.1. The number of thiazole rings is 1. The fourth-order valence-electron chi connectivity index (χ4n) is 4.30. The maximum absolute atomic E-state index is 12.8. The summed E-state index contributed by atoms with van der Waals surface area (Å²) in [7, 11) is 2.11. The molecule has 1 unspecified atom stereocenters. The van der Waals surface area contributed by atoms with E-state index in [0.29, 0.717) is 10.5 Å². The fraction of sp³-hybridized carbons (Fsp3) is 0.429. The number of carbonyl (C=O) groups excluding carboxylic acids is 1. The molecule has 5 rings (SSSR count). The molecule has 4 heterocycles. The van der Waals surface area contributed by atoms with Crippen molar-refractivity contribution in [3.8, 4) is 0 Å². The second kappa shape index (κ2) is 7.35. The number of amides is 1. The second-order valence-electron chi connectivity index (χ2n) is 7.97. The van der Waals surface area contributed by atoms with Gasteiger partial charge in [0.05, 0.1) is 0 Å². The molecule has 1 saturated heterocycles. The zero-order chi connectivity index (χ0) is 20.0. The summed E-state index contributed by atoms with van der Waals surface area (Å²) in [6, 6.07) is 8.88. The SMILES string of the molecule is CC1Cc2ccccc2N1c1ncnc2sc(C(=O)NC3CCN(C)CC3)nc12. The van der Waals surface area contributed by atoms with Gasteiger partial charge in [-0.3, -0.25) is 4.79 Å². The van der Waals surface area contributed by atoms with E-state index in [-0.39, 0.29) is 18.0 Å². The molecular formula is C21H24N6OS. The number of nitrogens with one attached hydrogen (secondary N) is 1. The molecule has 150 valence electrons. The van der Waals surface area contributed by atoms with Crippen molar-refractivity contribution in [2.45, 2.75) is 38.3 Å². The lowest BCUT2D eigenvalue weighted by Crippen LogP contribution is -2.43. The first-order chi connectivity index (χ1) is 14.1. The van der Waals surface area contributed by atoms with Gasteiger partial charge >= 0.3 is 0 Å². The van der Waals surface area contributed by atoms with Crippen LogP contribution in [0.4, 0.5) is 11.5 Å². The van der Waals surface area contributed by atoms with Crippen molar-refractivity contribution in [1.82, 2.24) is 25.2 Å². The fourth-order valence-corrected chi connectivity index (χ4v) is 5.11. The molecule has 1 N–H and O–H groups in total. The van der Waals surface area contributed by atoms with Gasteiger partial charge in [0.1, 0.15) is 16.7 Å². The van der Waals surface area contributed by atoms with Gasteiger partial charge in [0.15, 0.2) is 10.8 Å². The van der Waals surface area contributed by atoms with Crippen molar-refractivity contribution in [2.75, 3.05) is 25.0 Å². The van der Waals surface area contributed by atoms with E-state index in [4.69, 9.17) is 0 Å². The number of benzene rings is 1. The molecule has 0 aliphatic carbocycles. The van der Waals surface area contributed by atoms with Gasteiger partial charge < -0.3 is 15.1 Å². The van der Waals surface area contributed by atoms with Crippen LogP contribution < -0.4 is 10.2 Å². The van der Waals surface area contributed by atoms with Crippen LogP contribution in [-0.4, -0.2) is 58.0 Å². The number of nitrogens with zero attached hydrogens (tertiary/aromatic N) is 5. The van der Waals surface area contributed by atoms with Gasteiger partial charge in [0.25, 0.3) is 5.91 Å². The summed E-state index contributed by atoms with van der Waals surface area (Å²) in [5.74, 6) is 0.672. The molecule has 3 aromatic rings. The quantitative estimate of drug-likeness (QED) is 0.718. The number of carbonyl (C=O) groups is 1. The van der Waals surface area contributed by atoms with Gasteiger partial charge in [-0.15, -0.1) is 0 Å². The van der Waals surface area contributed by atoms with E-state index in [1.807, 2.05) is 6.07 Å². The molecule has 0 radical (unpaired) electrons. The Labute approximate surface area is 173 Å². The summed E-state index contributed by atoms with van der Waals surface area (Å²) < 4.78 is 0. The highest BCUT2D eigenvalue weighted by atomic mass is 32.1. The minimum atomic E-state index is -0.108. The summed E-state index contributed by atoms with van der Waals surface area (Å²) >= 11 is 1.34. The second-order valence-corrected chi connectivity index (χ2v) is 8.95. The van der Waals surface area contributed by atoms with Crippen LogP contribution in [0.25, 0.3) is 10.3 Å². The average molecular weight is 409 g/mol. The summed E-state index contributed by atoms with van der Waals surface area (Å²) in [5, 5.41) is 3.61.